The summed E-state index contributed by atoms with van der Waals surface area (Å²) in [5, 5.41) is 0. The van der Waals surface area contributed by atoms with E-state index in [0.717, 1.165) is 45.3 Å². The van der Waals surface area contributed by atoms with E-state index in [1.165, 1.54) is 5.56 Å². The van der Waals surface area contributed by atoms with Gasteiger partial charge in [0.25, 0.3) is 0 Å². The highest BCUT2D eigenvalue weighted by Crippen LogP contribution is 2.29. The molecule has 3 aromatic heterocycles. The highest BCUT2D eigenvalue weighted by atomic mass is 14.9. The van der Waals surface area contributed by atoms with Crippen molar-refractivity contribution in [1.82, 2.24) is 24.9 Å². The summed E-state index contributed by atoms with van der Waals surface area (Å²) < 4.78 is 0. The fraction of sp³-hybridized carbons (Fsp3) is 0.136. The van der Waals surface area contributed by atoms with Gasteiger partial charge < -0.3 is 0 Å². The molecule has 1 aromatic carbocycles. The molecule has 0 aliphatic rings. The molecule has 0 N–H and O–H groups in total. The second-order valence-corrected chi connectivity index (χ2v) is 6.53. The van der Waals surface area contributed by atoms with Gasteiger partial charge >= 0.3 is 0 Å². The number of hydrogen-bond donors (Lipinski definition) is 0. The summed E-state index contributed by atoms with van der Waals surface area (Å²) in [7, 11) is 0. The minimum atomic E-state index is 0.737. The third kappa shape index (κ3) is 3.72. The zero-order chi connectivity index (χ0) is 18.8. The lowest BCUT2D eigenvalue weighted by Gasteiger charge is -2.10. The monoisotopic (exact) mass is 353 g/mol. The van der Waals surface area contributed by atoms with Crippen molar-refractivity contribution in [2.45, 2.75) is 20.8 Å². The molecule has 0 radical (unpaired) electrons. The van der Waals surface area contributed by atoms with Crippen molar-refractivity contribution >= 4 is 0 Å². The van der Waals surface area contributed by atoms with Crippen LogP contribution >= 0.6 is 0 Å². The molecule has 0 saturated carbocycles. The standard InChI is InChI=1S/C22H19N5/c1-14-4-6-17(7-5-14)18-8-21(19-10-23-15(2)24-11-19)27-22(9-18)20-12-25-16(3)26-13-20/h4-13H,1-3H3. The van der Waals surface area contributed by atoms with Crippen molar-refractivity contribution in [1.29, 1.82) is 0 Å². The van der Waals surface area contributed by atoms with E-state index in [1.807, 2.05) is 13.8 Å². The van der Waals surface area contributed by atoms with Crippen LogP contribution in [0.25, 0.3) is 33.6 Å². The first-order valence-electron chi connectivity index (χ1n) is 8.76. The van der Waals surface area contributed by atoms with Gasteiger partial charge in [0.05, 0.1) is 11.4 Å². The topological polar surface area (TPSA) is 64.5 Å². The molecule has 5 heteroatoms. The Labute approximate surface area is 158 Å². The van der Waals surface area contributed by atoms with E-state index in [4.69, 9.17) is 4.98 Å². The molecule has 132 valence electrons. The van der Waals surface area contributed by atoms with E-state index in [9.17, 15) is 0 Å². The van der Waals surface area contributed by atoms with Gasteiger partial charge in [0.15, 0.2) is 0 Å². The zero-order valence-corrected chi connectivity index (χ0v) is 15.5. The van der Waals surface area contributed by atoms with Gasteiger partial charge in [-0.2, -0.15) is 0 Å². The minimum absolute atomic E-state index is 0.737. The molecule has 0 atom stereocenters. The fourth-order valence-corrected chi connectivity index (χ4v) is 2.79. The Hall–Kier alpha value is -3.47. The summed E-state index contributed by atoms with van der Waals surface area (Å²) in [5.74, 6) is 1.47. The number of aryl methyl sites for hydroxylation is 3. The predicted molar refractivity (Wildman–Crippen MR) is 106 cm³/mol. The van der Waals surface area contributed by atoms with Crippen molar-refractivity contribution in [3.63, 3.8) is 0 Å². The maximum Gasteiger partial charge on any atom is 0.125 e. The number of benzene rings is 1. The molecular weight excluding hydrogens is 334 g/mol. The lowest BCUT2D eigenvalue weighted by Crippen LogP contribution is -1.95. The van der Waals surface area contributed by atoms with E-state index >= 15 is 0 Å². The minimum Gasteiger partial charge on any atom is -0.248 e. The Morgan fingerprint density at radius 2 is 0.963 bits per heavy atom. The fourth-order valence-electron chi connectivity index (χ4n) is 2.79. The Balaban J connectivity index is 1.89. The molecule has 0 bridgehead atoms. The number of nitrogens with zero attached hydrogens (tertiary/aromatic N) is 5. The molecule has 0 aliphatic heterocycles. The summed E-state index contributed by atoms with van der Waals surface area (Å²) in [4.78, 5) is 22.0. The third-order valence-corrected chi connectivity index (χ3v) is 4.36. The van der Waals surface area contributed by atoms with Gasteiger partial charge in [-0.25, -0.2) is 24.9 Å². The molecule has 3 heterocycles. The Morgan fingerprint density at radius 1 is 0.519 bits per heavy atom. The summed E-state index contributed by atoms with van der Waals surface area (Å²) in [6.45, 7) is 5.82. The van der Waals surface area contributed by atoms with Gasteiger partial charge in [-0.15, -0.1) is 0 Å². The van der Waals surface area contributed by atoms with E-state index < -0.39 is 0 Å². The van der Waals surface area contributed by atoms with Crippen LogP contribution in [-0.4, -0.2) is 24.9 Å². The van der Waals surface area contributed by atoms with Gasteiger partial charge in [0.2, 0.25) is 0 Å². The van der Waals surface area contributed by atoms with E-state index in [2.05, 4.69) is 63.3 Å². The van der Waals surface area contributed by atoms with Gasteiger partial charge in [-0.1, -0.05) is 29.8 Å². The third-order valence-electron chi connectivity index (χ3n) is 4.36. The van der Waals surface area contributed by atoms with E-state index in [-0.39, 0.29) is 0 Å². The average Bonchev–Trinajstić information content (AvgIpc) is 2.69. The average molecular weight is 353 g/mol. The van der Waals surface area contributed by atoms with Crippen molar-refractivity contribution < 1.29 is 0 Å². The van der Waals surface area contributed by atoms with Crippen LogP contribution in [0.3, 0.4) is 0 Å². The molecular formula is C22H19N5. The molecule has 4 aromatic rings. The quantitative estimate of drug-likeness (QED) is 0.539. The predicted octanol–water partition coefficient (Wildman–Crippen LogP) is 4.59. The lowest BCUT2D eigenvalue weighted by molar-refractivity contribution is 1.05. The smallest absolute Gasteiger partial charge is 0.125 e. The molecule has 0 unspecified atom stereocenters. The van der Waals surface area contributed by atoms with E-state index in [0.29, 0.717) is 0 Å². The second kappa shape index (κ2) is 7.03. The molecule has 4 rings (SSSR count). The van der Waals surface area contributed by atoms with E-state index in [1.54, 1.807) is 24.8 Å². The summed E-state index contributed by atoms with van der Waals surface area (Å²) >= 11 is 0. The largest absolute Gasteiger partial charge is 0.248 e. The molecule has 27 heavy (non-hydrogen) atoms. The highest BCUT2D eigenvalue weighted by molar-refractivity contribution is 5.75. The highest BCUT2D eigenvalue weighted by Gasteiger charge is 2.10. The number of hydrogen-bond acceptors (Lipinski definition) is 5. The van der Waals surface area contributed by atoms with Crippen LogP contribution in [-0.2, 0) is 0 Å². The van der Waals surface area contributed by atoms with Crippen LogP contribution in [0.4, 0.5) is 0 Å². The second-order valence-electron chi connectivity index (χ2n) is 6.53. The summed E-state index contributed by atoms with van der Waals surface area (Å²) in [6.07, 6.45) is 7.22. The normalized spacial score (nSPS) is 10.8. The van der Waals surface area contributed by atoms with Gasteiger partial charge in [0.1, 0.15) is 11.6 Å². The first kappa shape index (κ1) is 17.0. The van der Waals surface area contributed by atoms with Crippen LogP contribution in [0.5, 0.6) is 0 Å². The van der Waals surface area contributed by atoms with Gasteiger partial charge in [-0.05, 0) is 44.0 Å². The number of pyridine rings is 1. The molecule has 0 spiro atoms. The zero-order valence-electron chi connectivity index (χ0n) is 15.5. The van der Waals surface area contributed by atoms with Gasteiger partial charge in [-0.3, -0.25) is 0 Å². The lowest BCUT2D eigenvalue weighted by atomic mass is 10.0. The maximum atomic E-state index is 4.82. The van der Waals surface area contributed by atoms with Crippen molar-refractivity contribution in [2.75, 3.05) is 0 Å². The SMILES string of the molecule is Cc1ccc(-c2cc(-c3cnc(C)nc3)nc(-c3cnc(C)nc3)c2)cc1. The molecule has 0 amide bonds. The first-order valence-corrected chi connectivity index (χ1v) is 8.76. The van der Waals surface area contributed by atoms with Crippen LogP contribution < -0.4 is 0 Å². The van der Waals surface area contributed by atoms with Crippen molar-refractivity contribution in [3.05, 3.63) is 78.4 Å². The van der Waals surface area contributed by atoms with Crippen LogP contribution in [0.15, 0.2) is 61.2 Å². The molecule has 0 fully saturated rings. The first-order chi connectivity index (χ1) is 13.1. The Kier molecular flexibility index (Phi) is 4.42. The summed E-state index contributed by atoms with van der Waals surface area (Å²) in [6, 6.07) is 12.6. The molecule has 0 aliphatic carbocycles. The number of rotatable bonds is 3. The van der Waals surface area contributed by atoms with Crippen LogP contribution in [0, 0.1) is 20.8 Å². The molecule has 5 nitrogen and oxygen atoms in total. The van der Waals surface area contributed by atoms with Crippen molar-refractivity contribution in [2.24, 2.45) is 0 Å². The molecule has 0 saturated heterocycles. The Bertz CT molecular complexity index is 915. The van der Waals surface area contributed by atoms with Crippen LogP contribution in [0.1, 0.15) is 17.2 Å². The van der Waals surface area contributed by atoms with Gasteiger partial charge in [0, 0.05) is 35.9 Å². The Morgan fingerprint density at radius 3 is 1.41 bits per heavy atom. The number of aromatic nitrogens is 5. The van der Waals surface area contributed by atoms with Crippen molar-refractivity contribution in [3.8, 4) is 33.6 Å². The van der Waals surface area contributed by atoms with Crippen LogP contribution in [0.2, 0.25) is 0 Å². The summed E-state index contributed by atoms with van der Waals surface area (Å²) in [5.41, 5.74) is 6.84. The maximum absolute atomic E-state index is 4.82.